The maximum Gasteiger partial charge on any atom is 0.266 e. The topological polar surface area (TPSA) is 62.7 Å². The molecule has 1 atom stereocenters. The Bertz CT molecular complexity index is 728. The van der Waals surface area contributed by atoms with Crippen LogP contribution in [0.25, 0.3) is 0 Å². The van der Waals surface area contributed by atoms with Gasteiger partial charge in [0.05, 0.1) is 24.2 Å². The number of alkyl halides is 2. The molecule has 0 aliphatic carbocycles. The third-order valence-corrected chi connectivity index (χ3v) is 5.26. The molecule has 6 nitrogen and oxygen atoms in total. The van der Waals surface area contributed by atoms with Crippen LogP contribution in [0.15, 0.2) is 18.2 Å². The molecular weight excluding hydrogens is 356 g/mol. The van der Waals surface area contributed by atoms with Crippen LogP contribution in [0.5, 0.6) is 0 Å². The van der Waals surface area contributed by atoms with Crippen LogP contribution in [0.1, 0.15) is 30.7 Å². The van der Waals surface area contributed by atoms with Gasteiger partial charge in [-0.15, -0.1) is 0 Å². The van der Waals surface area contributed by atoms with Crippen molar-refractivity contribution in [3.63, 3.8) is 0 Å². The molecule has 2 saturated heterocycles. The molecule has 0 N–H and O–H groups in total. The van der Waals surface area contributed by atoms with Crippen molar-refractivity contribution in [1.29, 1.82) is 0 Å². The lowest BCUT2D eigenvalue weighted by atomic mass is 9.71. The molecule has 27 heavy (non-hydrogen) atoms. The van der Waals surface area contributed by atoms with Gasteiger partial charge in [-0.3, -0.25) is 14.6 Å². The van der Waals surface area contributed by atoms with E-state index in [-0.39, 0.29) is 19.1 Å². The number of methoxy groups -OCH3 is 1. The summed E-state index contributed by atoms with van der Waals surface area (Å²) in [6.07, 6.45) is 0.462. The Balaban J connectivity index is 1.82. The number of ether oxygens (including phenoxy) is 1. The number of amides is 2. The predicted octanol–water partition coefficient (Wildman–Crippen LogP) is 2.01. The quantitative estimate of drug-likeness (QED) is 0.801. The van der Waals surface area contributed by atoms with Gasteiger partial charge in [-0.1, -0.05) is 6.07 Å². The van der Waals surface area contributed by atoms with Crippen molar-refractivity contribution in [2.24, 2.45) is 5.41 Å². The van der Waals surface area contributed by atoms with Gasteiger partial charge in [0.2, 0.25) is 11.8 Å². The Hall–Kier alpha value is -2.09. The van der Waals surface area contributed by atoms with Gasteiger partial charge in [0, 0.05) is 32.3 Å². The molecule has 2 aliphatic heterocycles. The summed E-state index contributed by atoms with van der Waals surface area (Å²) in [7, 11) is 1.35. The van der Waals surface area contributed by atoms with Crippen LogP contribution in [-0.2, 0) is 20.9 Å². The van der Waals surface area contributed by atoms with Crippen LogP contribution < -0.4 is 0 Å². The smallest absolute Gasteiger partial charge is 0.266 e. The van der Waals surface area contributed by atoms with Gasteiger partial charge in [0.1, 0.15) is 6.61 Å². The number of carbonyl (C=O) groups is 2. The van der Waals surface area contributed by atoms with E-state index in [1.807, 2.05) is 25.1 Å². The van der Waals surface area contributed by atoms with Crippen LogP contribution in [0.3, 0.4) is 0 Å². The lowest BCUT2D eigenvalue weighted by molar-refractivity contribution is -0.176. The molecule has 0 radical (unpaired) electrons. The van der Waals surface area contributed by atoms with Crippen LogP contribution >= 0.6 is 0 Å². The monoisotopic (exact) mass is 381 g/mol. The standard InChI is InChI=1S/C19H25F2N3O3/c1-14-5-3-6-15(22-14)9-23-8-4-7-18(17(23)26)11-19(20,21)13-24(12-18)16(25)10-27-2/h3,5-6H,4,7-13H2,1-2H3. The fourth-order valence-electron chi connectivity index (χ4n) is 4.20. The molecule has 0 saturated carbocycles. The number of aryl methyl sites for hydroxylation is 1. The third-order valence-electron chi connectivity index (χ3n) is 5.26. The molecule has 1 spiro atoms. The molecule has 1 aromatic heterocycles. The van der Waals surface area contributed by atoms with E-state index in [4.69, 9.17) is 4.74 Å². The van der Waals surface area contributed by atoms with Crippen molar-refractivity contribution < 1.29 is 23.1 Å². The SMILES string of the molecule is COCC(=O)N1CC(F)(F)CC2(CCCN(Cc3cccc(C)n3)C2=O)C1. The molecule has 8 heteroatoms. The van der Waals surface area contributed by atoms with E-state index in [9.17, 15) is 18.4 Å². The number of rotatable bonds is 4. The number of aromatic nitrogens is 1. The van der Waals surface area contributed by atoms with E-state index in [0.717, 1.165) is 16.3 Å². The highest BCUT2D eigenvalue weighted by Gasteiger charge is 2.56. The Kier molecular flexibility index (Phi) is 5.46. The third kappa shape index (κ3) is 4.26. The number of halogens is 2. The summed E-state index contributed by atoms with van der Waals surface area (Å²) < 4.78 is 33.7. The first-order chi connectivity index (χ1) is 12.7. The van der Waals surface area contributed by atoms with E-state index in [1.165, 1.54) is 7.11 Å². The molecule has 0 aromatic carbocycles. The second kappa shape index (κ2) is 7.50. The van der Waals surface area contributed by atoms with Gasteiger partial charge in [0.15, 0.2) is 0 Å². The van der Waals surface area contributed by atoms with Gasteiger partial charge < -0.3 is 14.5 Å². The first-order valence-corrected chi connectivity index (χ1v) is 9.11. The van der Waals surface area contributed by atoms with Crippen molar-refractivity contribution in [3.05, 3.63) is 29.6 Å². The molecule has 2 amide bonds. The molecule has 3 heterocycles. The molecule has 2 aliphatic rings. The van der Waals surface area contributed by atoms with E-state index >= 15 is 0 Å². The minimum atomic E-state index is -3.10. The maximum atomic E-state index is 14.4. The zero-order valence-electron chi connectivity index (χ0n) is 15.7. The van der Waals surface area contributed by atoms with Gasteiger partial charge in [-0.25, -0.2) is 8.78 Å². The van der Waals surface area contributed by atoms with Crippen molar-refractivity contribution >= 4 is 11.8 Å². The Labute approximate surface area is 157 Å². The maximum absolute atomic E-state index is 14.4. The number of pyridine rings is 1. The number of hydrogen-bond acceptors (Lipinski definition) is 4. The summed E-state index contributed by atoms with van der Waals surface area (Å²) in [5.41, 5.74) is 0.329. The van der Waals surface area contributed by atoms with E-state index in [0.29, 0.717) is 25.9 Å². The summed E-state index contributed by atoms with van der Waals surface area (Å²) in [4.78, 5) is 32.5. The first-order valence-electron chi connectivity index (χ1n) is 9.11. The lowest BCUT2D eigenvalue weighted by Crippen LogP contribution is -2.62. The largest absolute Gasteiger partial charge is 0.375 e. The summed E-state index contributed by atoms with van der Waals surface area (Å²) >= 11 is 0. The van der Waals surface area contributed by atoms with E-state index in [1.54, 1.807) is 4.90 Å². The van der Waals surface area contributed by atoms with Crippen LogP contribution in [0.4, 0.5) is 8.78 Å². The van der Waals surface area contributed by atoms with Crippen LogP contribution in [0, 0.1) is 12.3 Å². The molecular formula is C19H25F2N3O3. The molecule has 1 unspecified atom stereocenters. The van der Waals surface area contributed by atoms with Crippen molar-refractivity contribution in [2.75, 3.05) is 33.4 Å². The van der Waals surface area contributed by atoms with Crippen LogP contribution in [0.2, 0.25) is 0 Å². The minimum absolute atomic E-state index is 0.0152. The summed E-state index contributed by atoms with van der Waals surface area (Å²) in [5, 5.41) is 0. The van der Waals surface area contributed by atoms with Crippen LogP contribution in [-0.4, -0.2) is 65.9 Å². The zero-order chi connectivity index (χ0) is 19.7. The molecule has 2 fully saturated rings. The zero-order valence-corrected chi connectivity index (χ0v) is 15.7. The number of nitrogens with zero attached hydrogens (tertiary/aromatic N) is 3. The Morgan fingerprint density at radius 2 is 2.11 bits per heavy atom. The Morgan fingerprint density at radius 1 is 1.33 bits per heavy atom. The second-order valence-corrected chi connectivity index (χ2v) is 7.60. The first kappa shape index (κ1) is 19.7. The minimum Gasteiger partial charge on any atom is -0.375 e. The highest BCUT2D eigenvalue weighted by atomic mass is 19.3. The number of hydrogen-bond donors (Lipinski definition) is 0. The molecule has 1 aromatic rings. The van der Waals surface area contributed by atoms with E-state index < -0.39 is 30.2 Å². The molecule has 148 valence electrons. The molecule has 0 bridgehead atoms. The van der Waals surface area contributed by atoms with Crippen molar-refractivity contribution in [2.45, 2.75) is 38.7 Å². The average Bonchev–Trinajstić information content (AvgIpc) is 2.58. The number of likely N-dealkylation sites (tertiary alicyclic amines) is 2. The number of piperidine rings is 2. The average molecular weight is 381 g/mol. The fraction of sp³-hybridized carbons (Fsp3) is 0.632. The van der Waals surface area contributed by atoms with Gasteiger partial charge in [0.25, 0.3) is 5.92 Å². The summed E-state index contributed by atoms with van der Waals surface area (Å²) in [5.74, 6) is -3.92. The Morgan fingerprint density at radius 3 is 2.81 bits per heavy atom. The van der Waals surface area contributed by atoms with Crippen molar-refractivity contribution in [1.82, 2.24) is 14.8 Å². The van der Waals surface area contributed by atoms with Gasteiger partial charge in [-0.05, 0) is 31.9 Å². The lowest BCUT2D eigenvalue weighted by Gasteiger charge is -2.49. The van der Waals surface area contributed by atoms with Gasteiger partial charge >= 0.3 is 0 Å². The predicted molar refractivity (Wildman–Crippen MR) is 94.1 cm³/mol. The second-order valence-electron chi connectivity index (χ2n) is 7.60. The highest BCUT2D eigenvalue weighted by Crippen LogP contribution is 2.45. The van der Waals surface area contributed by atoms with E-state index in [2.05, 4.69) is 4.98 Å². The molecule has 3 rings (SSSR count). The summed E-state index contributed by atoms with van der Waals surface area (Å²) in [6, 6.07) is 5.55. The fourth-order valence-corrected chi connectivity index (χ4v) is 4.20. The van der Waals surface area contributed by atoms with Crippen molar-refractivity contribution in [3.8, 4) is 0 Å². The highest BCUT2D eigenvalue weighted by molar-refractivity contribution is 5.86. The normalized spacial score (nSPS) is 25.1. The van der Waals surface area contributed by atoms with Gasteiger partial charge in [-0.2, -0.15) is 0 Å². The summed E-state index contributed by atoms with van der Waals surface area (Å²) in [6.45, 7) is 1.75. The number of carbonyl (C=O) groups excluding carboxylic acids is 2.